The second kappa shape index (κ2) is 10.7. The first kappa shape index (κ1) is 22.5. The Hall–Kier alpha value is -1.74. The first-order valence-corrected chi connectivity index (χ1v) is 11.7. The molecule has 1 aromatic heterocycles. The molecule has 0 fully saturated rings. The number of amides is 1. The van der Waals surface area contributed by atoms with Crippen molar-refractivity contribution in [3.8, 4) is 0 Å². The Morgan fingerprint density at radius 3 is 2.36 bits per heavy atom. The Morgan fingerprint density at radius 2 is 1.82 bits per heavy atom. The first-order chi connectivity index (χ1) is 13.4. The van der Waals surface area contributed by atoms with Crippen LogP contribution in [-0.2, 0) is 14.8 Å². The predicted octanol–water partition coefficient (Wildman–Crippen LogP) is 3.58. The maximum Gasteiger partial charge on any atom is 0.251 e. The summed E-state index contributed by atoms with van der Waals surface area (Å²) in [6.07, 6.45) is 1.92. The molecule has 154 valence electrons. The molecule has 1 unspecified atom stereocenters. The van der Waals surface area contributed by atoms with E-state index in [0.29, 0.717) is 18.1 Å². The molecule has 1 atom stereocenters. The fourth-order valence-corrected chi connectivity index (χ4v) is 4.90. The molecule has 1 amide bonds. The van der Waals surface area contributed by atoms with Gasteiger partial charge in [-0.25, -0.2) is 13.1 Å². The van der Waals surface area contributed by atoms with Crippen molar-refractivity contribution in [1.29, 1.82) is 0 Å². The second-order valence-corrected chi connectivity index (χ2v) is 9.20. The summed E-state index contributed by atoms with van der Waals surface area (Å²) in [5.41, 5.74) is 0.434. The van der Waals surface area contributed by atoms with Gasteiger partial charge in [-0.1, -0.05) is 32.8 Å². The van der Waals surface area contributed by atoms with Crippen molar-refractivity contribution in [3.05, 3.63) is 52.2 Å². The predicted molar refractivity (Wildman–Crippen MR) is 112 cm³/mol. The summed E-state index contributed by atoms with van der Waals surface area (Å²) < 4.78 is 31.7. The van der Waals surface area contributed by atoms with Crippen molar-refractivity contribution in [2.24, 2.45) is 5.92 Å². The highest BCUT2D eigenvalue weighted by Crippen LogP contribution is 2.30. The van der Waals surface area contributed by atoms with E-state index in [1.54, 1.807) is 23.5 Å². The van der Waals surface area contributed by atoms with Crippen LogP contribution in [0.25, 0.3) is 0 Å². The monoisotopic (exact) mass is 424 g/mol. The molecule has 1 heterocycles. The number of hydrogen-bond acceptors (Lipinski definition) is 5. The standard InChI is InChI=1S/C20H28N2O4S2/c1-4-15(5-2)19(18-7-6-14-27-18)22-20(23)16-8-10-17(11-9-16)28(24,25)21-12-13-26-3/h6-11,14-15,19,21H,4-5,12-13H2,1-3H3,(H,22,23). The molecule has 0 saturated carbocycles. The van der Waals surface area contributed by atoms with Crippen LogP contribution >= 0.6 is 11.3 Å². The SMILES string of the molecule is CCC(CC)C(NC(=O)c1ccc(S(=O)(=O)NCCOC)cc1)c1cccs1. The van der Waals surface area contributed by atoms with Crippen LogP contribution < -0.4 is 10.0 Å². The Morgan fingerprint density at radius 1 is 1.14 bits per heavy atom. The van der Waals surface area contributed by atoms with Gasteiger partial charge in [-0.05, 0) is 41.6 Å². The Balaban J connectivity index is 2.13. The maximum absolute atomic E-state index is 12.8. The summed E-state index contributed by atoms with van der Waals surface area (Å²) in [6, 6.07) is 9.94. The van der Waals surface area contributed by atoms with Gasteiger partial charge in [-0.3, -0.25) is 4.79 Å². The summed E-state index contributed by atoms with van der Waals surface area (Å²) in [6.45, 7) is 4.73. The van der Waals surface area contributed by atoms with Gasteiger partial charge in [0.05, 0.1) is 17.5 Å². The molecule has 0 spiro atoms. The summed E-state index contributed by atoms with van der Waals surface area (Å²) in [5, 5.41) is 5.13. The van der Waals surface area contributed by atoms with E-state index in [9.17, 15) is 13.2 Å². The van der Waals surface area contributed by atoms with E-state index in [2.05, 4.69) is 23.9 Å². The number of ether oxygens (including phenoxy) is 1. The lowest BCUT2D eigenvalue weighted by molar-refractivity contribution is 0.0920. The molecule has 0 aliphatic rings. The highest BCUT2D eigenvalue weighted by molar-refractivity contribution is 7.89. The van der Waals surface area contributed by atoms with Crippen molar-refractivity contribution in [1.82, 2.24) is 10.0 Å². The zero-order valence-electron chi connectivity index (χ0n) is 16.5. The lowest BCUT2D eigenvalue weighted by atomic mass is 9.92. The number of benzene rings is 1. The third-order valence-corrected chi connectivity index (χ3v) is 7.11. The van der Waals surface area contributed by atoms with Crippen LogP contribution in [0.3, 0.4) is 0 Å². The minimum Gasteiger partial charge on any atom is -0.383 e. The van der Waals surface area contributed by atoms with Crippen LogP contribution in [0.4, 0.5) is 0 Å². The van der Waals surface area contributed by atoms with E-state index in [4.69, 9.17) is 4.74 Å². The minimum absolute atomic E-state index is 0.0541. The quantitative estimate of drug-likeness (QED) is 0.540. The zero-order valence-corrected chi connectivity index (χ0v) is 18.1. The Labute approximate surface area is 171 Å². The lowest BCUT2D eigenvalue weighted by Crippen LogP contribution is -2.33. The maximum atomic E-state index is 12.8. The van der Waals surface area contributed by atoms with Gasteiger partial charge in [0.15, 0.2) is 0 Å². The minimum atomic E-state index is -3.61. The molecule has 2 rings (SSSR count). The highest BCUT2D eigenvalue weighted by atomic mass is 32.2. The largest absolute Gasteiger partial charge is 0.383 e. The molecule has 0 radical (unpaired) electrons. The van der Waals surface area contributed by atoms with Crippen molar-refractivity contribution >= 4 is 27.3 Å². The molecular weight excluding hydrogens is 396 g/mol. The molecule has 2 aromatic rings. The van der Waals surface area contributed by atoms with Gasteiger partial charge in [-0.2, -0.15) is 0 Å². The van der Waals surface area contributed by atoms with E-state index < -0.39 is 10.0 Å². The molecule has 6 nitrogen and oxygen atoms in total. The Kier molecular flexibility index (Phi) is 8.62. The third kappa shape index (κ3) is 5.88. The number of sulfonamides is 1. The van der Waals surface area contributed by atoms with Crippen LogP contribution in [0.5, 0.6) is 0 Å². The highest BCUT2D eigenvalue weighted by Gasteiger charge is 2.24. The van der Waals surface area contributed by atoms with Crippen LogP contribution in [-0.4, -0.2) is 34.6 Å². The van der Waals surface area contributed by atoms with Gasteiger partial charge in [0.2, 0.25) is 10.0 Å². The number of nitrogens with one attached hydrogen (secondary N) is 2. The number of hydrogen-bond donors (Lipinski definition) is 2. The normalized spacial score (nSPS) is 12.9. The number of carbonyl (C=O) groups excluding carboxylic acids is 1. The average Bonchev–Trinajstić information content (AvgIpc) is 3.22. The molecular formula is C20H28N2O4S2. The van der Waals surface area contributed by atoms with Crippen molar-refractivity contribution in [2.75, 3.05) is 20.3 Å². The van der Waals surface area contributed by atoms with E-state index in [1.165, 1.54) is 19.2 Å². The van der Waals surface area contributed by atoms with Gasteiger partial charge < -0.3 is 10.1 Å². The lowest BCUT2D eigenvalue weighted by Gasteiger charge is -2.25. The van der Waals surface area contributed by atoms with Gasteiger partial charge in [0.1, 0.15) is 0 Å². The molecule has 0 aliphatic heterocycles. The van der Waals surface area contributed by atoms with E-state index >= 15 is 0 Å². The molecule has 2 N–H and O–H groups in total. The van der Waals surface area contributed by atoms with Crippen LogP contribution in [0, 0.1) is 5.92 Å². The third-order valence-electron chi connectivity index (χ3n) is 4.68. The molecule has 28 heavy (non-hydrogen) atoms. The fourth-order valence-electron chi connectivity index (χ4n) is 3.02. The second-order valence-electron chi connectivity index (χ2n) is 6.46. The number of thiophene rings is 1. The molecule has 0 saturated heterocycles. The molecule has 0 bridgehead atoms. The van der Waals surface area contributed by atoms with Crippen molar-refractivity contribution in [2.45, 2.75) is 37.6 Å². The Bertz CT molecular complexity index is 830. The van der Waals surface area contributed by atoms with E-state index in [0.717, 1.165) is 17.7 Å². The van der Waals surface area contributed by atoms with Gasteiger partial charge in [0, 0.05) is 24.1 Å². The van der Waals surface area contributed by atoms with Crippen molar-refractivity contribution < 1.29 is 17.9 Å². The summed E-state index contributed by atoms with van der Waals surface area (Å²) in [5.74, 6) is 0.133. The smallest absolute Gasteiger partial charge is 0.251 e. The molecule has 8 heteroatoms. The summed E-state index contributed by atoms with van der Waals surface area (Å²) in [7, 11) is -2.11. The number of methoxy groups -OCH3 is 1. The van der Waals surface area contributed by atoms with Gasteiger partial charge in [-0.15, -0.1) is 11.3 Å². The van der Waals surface area contributed by atoms with Crippen LogP contribution in [0.1, 0.15) is 48.0 Å². The first-order valence-electron chi connectivity index (χ1n) is 9.35. The average molecular weight is 425 g/mol. The zero-order chi connectivity index (χ0) is 20.6. The van der Waals surface area contributed by atoms with Crippen LogP contribution in [0.15, 0.2) is 46.7 Å². The van der Waals surface area contributed by atoms with Crippen LogP contribution in [0.2, 0.25) is 0 Å². The van der Waals surface area contributed by atoms with E-state index in [-0.39, 0.29) is 23.4 Å². The number of rotatable bonds is 11. The molecule has 1 aromatic carbocycles. The van der Waals surface area contributed by atoms with E-state index in [1.807, 2.05) is 17.5 Å². The summed E-state index contributed by atoms with van der Waals surface area (Å²) in [4.78, 5) is 14.0. The number of carbonyl (C=O) groups is 1. The van der Waals surface area contributed by atoms with Crippen molar-refractivity contribution in [3.63, 3.8) is 0 Å². The van der Waals surface area contributed by atoms with Gasteiger partial charge in [0.25, 0.3) is 5.91 Å². The van der Waals surface area contributed by atoms with Gasteiger partial charge >= 0.3 is 0 Å². The molecule has 0 aliphatic carbocycles. The summed E-state index contributed by atoms with van der Waals surface area (Å²) >= 11 is 1.63. The topological polar surface area (TPSA) is 84.5 Å². The fraction of sp³-hybridized carbons (Fsp3) is 0.450.